The Labute approximate surface area is 122 Å². The summed E-state index contributed by atoms with van der Waals surface area (Å²) < 4.78 is 18.2. The maximum absolute atomic E-state index is 13.3. The van der Waals surface area contributed by atoms with Crippen LogP contribution in [0.5, 0.6) is 0 Å². The van der Waals surface area contributed by atoms with Gasteiger partial charge in [-0.25, -0.2) is 9.18 Å². The molecule has 0 bridgehead atoms. The lowest BCUT2D eigenvalue weighted by atomic mass is 10.1. The minimum atomic E-state index is -1.20. The Morgan fingerprint density at radius 1 is 1.29 bits per heavy atom. The van der Waals surface area contributed by atoms with E-state index in [2.05, 4.69) is 0 Å². The normalized spacial score (nSPS) is 11.4. The van der Waals surface area contributed by atoms with Crippen LogP contribution in [0.25, 0.3) is 0 Å². The van der Waals surface area contributed by atoms with Gasteiger partial charge in [-0.15, -0.1) is 0 Å². The van der Waals surface area contributed by atoms with Crippen LogP contribution < -0.4 is 0 Å². The fourth-order valence-corrected chi connectivity index (χ4v) is 1.66. The molecular weight excluding hydrogens is 277 g/mol. The van der Waals surface area contributed by atoms with Crippen molar-refractivity contribution in [3.63, 3.8) is 0 Å². The van der Waals surface area contributed by atoms with Crippen LogP contribution >= 0.6 is 0 Å². The summed E-state index contributed by atoms with van der Waals surface area (Å²) in [4.78, 5) is 21.9. The van der Waals surface area contributed by atoms with Gasteiger partial charge >= 0.3 is 11.9 Å². The Balaban J connectivity index is 2.24. The Morgan fingerprint density at radius 3 is 2.52 bits per heavy atom. The molecule has 0 radical (unpaired) electrons. The molecule has 112 valence electrons. The van der Waals surface area contributed by atoms with Crippen LogP contribution in [-0.4, -0.2) is 29.8 Å². The van der Waals surface area contributed by atoms with E-state index in [-0.39, 0.29) is 25.9 Å². The number of nitrogens with zero attached hydrogens (tertiary/aromatic N) is 1. The number of carboxylic acid groups (broad SMARTS) is 1. The number of carbonyl (C=O) groups is 2. The van der Waals surface area contributed by atoms with Crippen molar-refractivity contribution in [2.45, 2.75) is 31.9 Å². The Bertz CT molecular complexity index is 521. The second-order valence-corrected chi connectivity index (χ2v) is 4.50. The molecule has 1 aromatic rings. The van der Waals surface area contributed by atoms with Crippen LogP contribution in [-0.2, 0) is 9.53 Å². The number of nitriles is 1. The molecule has 0 spiro atoms. The zero-order valence-corrected chi connectivity index (χ0v) is 11.4. The molecule has 5 nitrogen and oxygen atoms in total. The van der Waals surface area contributed by atoms with Gasteiger partial charge < -0.3 is 9.84 Å². The number of alkyl halides is 1. The maximum Gasteiger partial charge on any atom is 0.338 e. The third-order valence-electron chi connectivity index (χ3n) is 2.82. The molecule has 1 N–H and O–H groups in total. The highest BCUT2D eigenvalue weighted by atomic mass is 19.1. The zero-order chi connectivity index (χ0) is 15.7. The first-order chi connectivity index (χ1) is 10.0. The average molecular weight is 293 g/mol. The van der Waals surface area contributed by atoms with Crippen LogP contribution in [0.3, 0.4) is 0 Å². The molecule has 0 fully saturated rings. The summed E-state index contributed by atoms with van der Waals surface area (Å²) >= 11 is 0. The van der Waals surface area contributed by atoms with Gasteiger partial charge in [0.1, 0.15) is 6.17 Å². The van der Waals surface area contributed by atoms with Crippen molar-refractivity contribution in [2.24, 2.45) is 0 Å². The van der Waals surface area contributed by atoms with Crippen LogP contribution in [0.15, 0.2) is 24.3 Å². The van der Waals surface area contributed by atoms with Gasteiger partial charge in [0.05, 0.1) is 23.8 Å². The number of carbonyl (C=O) groups excluding carboxylic acids is 1. The second kappa shape index (κ2) is 8.69. The van der Waals surface area contributed by atoms with Crippen LogP contribution in [0.2, 0.25) is 0 Å². The molecule has 0 amide bonds. The van der Waals surface area contributed by atoms with Gasteiger partial charge in [0.25, 0.3) is 0 Å². The van der Waals surface area contributed by atoms with Crippen molar-refractivity contribution in [3.8, 4) is 6.07 Å². The highest BCUT2D eigenvalue weighted by molar-refractivity contribution is 5.89. The molecule has 0 aliphatic carbocycles. The van der Waals surface area contributed by atoms with E-state index in [0.717, 1.165) is 0 Å². The number of carboxylic acids is 1. The van der Waals surface area contributed by atoms with Crippen LogP contribution in [0.4, 0.5) is 4.39 Å². The van der Waals surface area contributed by atoms with Crippen molar-refractivity contribution in [1.82, 2.24) is 0 Å². The summed E-state index contributed by atoms with van der Waals surface area (Å²) in [5.41, 5.74) is 0.780. The molecule has 0 aliphatic heterocycles. The minimum Gasteiger partial charge on any atom is -0.481 e. The molecule has 0 aliphatic rings. The Morgan fingerprint density at radius 2 is 1.95 bits per heavy atom. The predicted molar refractivity (Wildman–Crippen MR) is 72.4 cm³/mol. The summed E-state index contributed by atoms with van der Waals surface area (Å²) in [5.74, 6) is -1.55. The molecule has 0 saturated carbocycles. The van der Waals surface area contributed by atoms with E-state index in [1.807, 2.05) is 6.07 Å². The smallest absolute Gasteiger partial charge is 0.338 e. The zero-order valence-electron chi connectivity index (χ0n) is 11.4. The highest BCUT2D eigenvalue weighted by Gasteiger charge is 2.10. The van der Waals surface area contributed by atoms with Gasteiger partial charge in [-0.3, -0.25) is 4.79 Å². The predicted octanol–water partition coefficient (Wildman–Crippen LogP) is 2.70. The molecular formula is C15H16FNO4. The van der Waals surface area contributed by atoms with E-state index in [0.29, 0.717) is 17.5 Å². The first-order valence-electron chi connectivity index (χ1n) is 6.56. The van der Waals surface area contributed by atoms with E-state index in [1.165, 1.54) is 24.3 Å². The number of benzene rings is 1. The number of hydrogen-bond acceptors (Lipinski definition) is 4. The van der Waals surface area contributed by atoms with Crippen molar-refractivity contribution >= 4 is 11.9 Å². The number of aliphatic carboxylic acids is 1. The summed E-state index contributed by atoms with van der Waals surface area (Å²) in [6.45, 7) is 0.0757. The summed E-state index contributed by atoms with van der Waals surface area (Å²) in [6.07, 6.45) is -0.934. The fraction of sp³-hybridized carbons (Fsp3) is 0.400. The summed E-state index contributed by atoms with van der Waals surface area (Å²) in [5, 5.41) is 17.0. The standard InChI is InChI=1S/C15H16FNO4/c16-13(7-8-14(18)19)2-1-9-21-15(20)12-5-3-11(10-17)4-6-12/h3-6,13H,1-2,7-9H2,(H,18,19). The van der Waals surface area contributed by atoms with E-state index < -0.39 is 18.1 Å². The van der Waals surface area contributed by atoms with Crippen LogP contribution in [0, 0.1) is 11.3 Å². The van der Waals surface area contributed by atoms with Crippen molar-refractivity contribution in [3.05, 3.63) is 35.4 Å². The lowest BCUT2D eigenvalue weighted by Crippen LogP contribution is -2.09. The van der Waals surface area contributed by atoms with E-state index in [4.69, 9.17) is 15.1 Å². The second-order valence-electron chi connectivity index (χ2n) is 4.50. The average Bonchev–Trinajstić information content (AvgIpc) is 2.49. The van der Waals surface area contributed by atoms with Gasteiger partial charge in [-0.05, 0) is 43.5 Å². The third-order valence-corrected chi connectivity index (χ3v) is 2.82. The molecule has 1 atom stereocenters. The molecule has 0 aromatic heterocycles. The van der Waals surface area contributed by atoms with Gasteiger partial charge in [-0.1, -0.05) is 0 Å². The summed E-state index contributed by atoms with van der Waals surface area (Å²) in [7, 11) is 0. The molecule has 6 heteroatoms. The van der Waals surface area contributed by atoms with Crippen molar-refractivity contribution in [2.75, 3.05) is 6.61 Å². The molecule has 0 saturated heterocycles. The quantitative estimate of drug-likeness (QED) is 0.588. The van der Waals surface area contributed by atoms with Crippen molar-refractivity contribution in [1.29, 1.82) is 5.26 Å². The lowest BCUT2D eigenvalue weighted by molar-refractivity contribution is -0.137. The SMILES string of the molecule is N#Cc1ccc(C(=O)OCCCC(F)CCC(=O)O)cc1. The summed E-state index contributed by atoms with van der Waals surface area (Å²) in [6, 6.07) is 7.95. The Kier molecular flexibility index (Phi) is 6.88. The van der Waals surface area contributed by atoms with E-state index in [9.17, 15) is 14.0 Å². The first-order valence-corrected chi connectivity index (χ1v) is 6.56. The first kappa shape index (κ1) is 16.6. The molecule has 1 rings (SSSR count). The molecule has 0 heterocycles. The van der Waals surface area contributed by atoms with Gasteiger partial charge in [0.2, 0.25) is 0 Å². The Hall–Kier alpha value is -2.42. The lowest BCUT2D eigenvalue weighted by Gasteiger charge is -2.07. The number of halogens is 1. The fourth-order valence-electron chi connectivity index (χ4n) is 1.66. The highest BCUT2D eigenvalue weighted by Crippen LogP contribution is 2.10. The third kappa shape index (κ3) is 6.52. The van der Waals surface area contributed by atoms with Gasteiger partial charge in [-0.2, -0.15) is 5.26 Å². The number of esters is 1. The number of rotatable bonds is 8. The number of hydrogen-bond donors (Lipinski definition) is 1. The van der Waals surface area contributed by atoms with E-state index >= 15 is 0 Å². The van der Waals surface area contributed by atoms with Gasteiger partial charge in [0, 0.05) is 6.42 Å². The van der Waals surface area contributed by atoms with Crippen LogP contribution in [0.1, 0.15) is 41.6 Å². The van der Waals surface area contributed by atoms with Gasteiger partial charge in [0.15, 0.2) is 0 Å². The number of ether oxygens (including phenoxy) is 1. The largest absolute Gasteiger partial charge is 0.481 e. The van der Waals surface area contributed by atoms with E-state index in [1.54, 1.807) is 0 Å². The molecule has 1 unspecified atom stereocenters. The molecule has 1 aromatic carbocycles. The van der Waals surface area contributed by atoms with Crippen molar-refractivity contribution < 1.29 is 23.8 Å². The topological polar surface area (TPSA) is 87.4 Å². The molecule has 21 heavy (non-hydrogen) atoms. The maximum atomic E-state index is 13.3. The minimum absolute atomic E-state index is 0.0289. The monoisotopic (exact) mass is 293 g/mol.